The topological polar surface area (TPSA) is 87.7 Å². The number of rotatable bonds is 6. The fourth-order valence-electron chi connectivity index (χ4n) is 2.36. The Bertz CT molecular complexity index is 332. The number of carbonyl (C=O) groups excluding carboxylic acids is 1. The molecule has 1 rings (SSSR count). The molecule has 0 radical (unpaired) electrons. The van der Waals surface area contributed by atoms with E-state index in [0.29, 0.717) is 13.0 Å². The molecule has 0 aromatic heterocycles. The molecule has 0 aliphatic heterocycles. The minimum Gasteiger partial charge on any atom is -0.409 e. The summed E-state index contributed by atoms with van der Waals surface area (Å²) in [5, 5.41) is 14.7. The number of hydrogen-bond acceptors (Lipinski definition) is 3. The number of nitrogens with two attached hydrogens (primary N) is 1. The van der Waals surface area contributed by atoms with Crippen molar-refractivity contribution >= 4 is 11.7 Å². The lowest BCUT2D eigenvalue weighted by Gasteiger charge is -2.42. The van der Waals surface area contributed by atoms with Crippen LogP contribution >= 0.6 is 0 Å². The Labute approximate surface area is 109 Å². The van der Waals surface area contributed by atoms with E-state index in [1.807, 2.05) is 6.92 Å². The van der Waals surface area contributed by atoms with Gasteiger partial charge in [0.1, 0.15) is 5.41 Å². The monoisotopic (exact) mass is 255 g/mol. The number of nitrogens with zero attached hydrogens (tertiary/aromatic N) is 1. The lowest BCUT2D eigenvalue weighted by Crippen LogP contribution is -2.51. The van der Waals surface area contributed by atoms with Gasteiger partial charge in [-0.15, -0.1) is 0 Å². The van der Waals surface area contributed by atoms with Gasteiger partial charge in [0, 0.05) is 6.54 Å². The number of amides is 1. The fourth-order valence-corrected chi connectivity index (χ4v) is 2.36. The van der Waals surface area contributed by atoms with Gasteiger partial charge in [0.05, 0.1) is 0 Å². The summed E-state index contributed by atoms with van der Waals surface area (Å²) in [7, 11) is 0. The molecule has 104 valence electrons. The summed E-state index contributed by atoms with van der Waals surface area (Å²) in [6.07, 6.45) is 5.19. The van der Waals surface area contributed by atoms with E-state index < -0.39 is 5.41 Å². The van der Waals surface area contributed by atoms with E-state index in [0.717, 1.165) is 6.42 Å². The first-order chi connectivity index (χ1) is 8.44. The maximum atomic E-state index is 12.2. The van der Waals surface area contributed by atoms with Gasteiger partial charge in [-0.25, -0.2) is 0 Å². The van der Waals surface area contributed by atoms with Crippen LogP contribution in [0.5, 0.6) is 0 Å². The molecule has 4 N–H and O–H groups in total. The van der Waals surface area contributed by atoms with Gasteiger partial charge in [-0.2, -0.15) is 0 Å². The third-order valence-corrected chi connectivity index (χ3v) is 4.67. The number of carbonyl (C=O) groups is 1. The molecule has 5 heteroatoms. The summed E-state index contributed by atoms with van der Waals surface area (Å²) in [6, 6.07) is 0. The molecule has 0 spiro atoms. The van der Waals surface area contributed by atoms with Gasteiger partial charge >= 0.3 is 0 Å². The van der Waals surface area contributed by atoms with Crippen molar-refractivity contribution in [3.8, 4) is 0 Å². The lowest BCUT2D eigenvalue weighted by molar-refractivity contribution is -0.128. The van der Waals surface area contributed by atoms with E-state index in [9.17, 15) is 4.79 Å². The highest BCUT2D eigenvalue weighted by molar-refractivity contribution is 6.06. The molecular weight excluding hydrogens is 230 g/mol. The van der Waals surface area contributed by atoms with Crippen molar-refractivity contribution in [1.82, 2.24) is 5.32 Å². The molecule has 1 saturated carbocycles. The molecule has 1 aliphatic carbocycles. The summed E-state index contributed by atoms with van der Waals surface area (Å²) in [5.41, 5.74) is 4.97. The Kier molecular flexibility index (Phi) is 4.59. The maximum absolute atomic E-state index is 12.2. The van der Waals surface area contributed by atoms with Gasteiger partial charge in [0.15, 0.2) is 5.84 Å². The van der Waals surface area contributed by atoms with E-state index in [1.54, 1.807) is 6.92 Å². The zero-order valence-electron chi connectivity index (χ0n) is 11.6. The van der Waals surface area contributed by atoms with Gasteiger partial charge in [-0.3, -0.25) is 4.79 Å². The maximum Gasteiger partial charge on any atom is 0.233 e. The molecule has 0 aromatic carbocycles. The summed E-state index contributed by atoms with van der Waals surface area (Å²) >= 11 is 0. The molecule has 0 bridgehead atoms. The normalized spacial score (nSPS) is 21.8. The first kappa shape index (κ1) is 14.8. The molecule has 0 saturated heterocycles. The Morgan fingerprint density at radius 2 is 2.11 bits per heavy atom. The van der Waals surface area contributed by atoms with Crippen LogP contribution in [0.15, 0.2) is 5.16 Å². The first-order valence-corrected chi connectivity index (χ1v) is 6.70. The van der Waals surface area contributed by atoms with Gasteiger partial charge in [-0.1, -0.05) is 25.4 Å². The van der Waals surface area contributed by atoms with Crippen molar-refractivity contribution in [2.45, 2.75) is 52.9 Å². The summed E-state index contributed by atoms with van der Waals surface area (Å²) < 4.78 is 0. The van der Waals surface area contributed by atoms with E-state index in [2.05, 4.69) is 17.4 Å². The molecular formula is C13H25N3O2. The summed E-state index contributed by atoms with van der Waals surface area (Å²) in [6.45, 7) is 6.41. The number of oxime groups is 1. The van der Waals surface area contributed by atoms with E-state index in [4.69, 9.17) is 10.9 Å². The largest absolute Gasteiger partial charge is 0.409 e. The van der Waals surface area contributed by atoms with Crippen LogP contribution in [0.1, 0.15) is 52.9 Å². The van der Waals surface area contributed by atoms with E-state index in [1.165, 1.54) is 19.3 Å². The van der Waals surface area contributed by atoms with Crippen molar-refractivity contribution < 1.29 is 10.0 Å². The number of nitrogens with one attached hydrogen (secondary N) is 1. The fraction of sp³-hybridized carbons (Fsp3) is 0.846. The molecule has 0 heterocycles. The van der Waals surface area contributed by atoms with E-state index in [-0.39, 0.29) is 17.2 Å². The van der Waals surface area contributed by atoms with Gasteiger partial charge < -0.3 is 16.3 Å². The Balaban J connectivity index is 2.63. The second-order valence-electron chi connectivity index (χ2n) is 5.56. The third kappa shape index (κ3) is 2.60. The SMILES string of the molecule is CCC1(CNC(=O)C(C)(CC)C(N)=NO)CCC1. The first-order valence-electron chi connectivity index (χ1n) is 6.70. The van der Waals surface area contributed by atoms with Crippen LogP contribution in [0.4, 0.5) is 0 Å². The quantitative estimate of drug-likeness (QED) is 0.293. The molecule has 1 amide bonds. The zero-order chi connectivity index (χ0) is 13.8. The average molecular weight is 255 g/mol. The summed E-state index contributed by atoms with van der Waals surface area (Å²) in [5.74, 6) is -0.179. The number of amidine groups is 1. The van der Waals surface area contributed by atoms with Crippen LogP contribution in [0.25, 0.3) is 0 Å². The lowest BCUT2D eigenvalue weighted by atomic mass is 9.67. The molecule has 1 aliphatic rings. The molecule has 1 fully saturated rings. The third-order valence-electron chi connectivity index (χ3n) is 4.67. The molecule has 1 atom stereocenters. The molecule has 0 aromatic rings. The average Bonchev–Trinajstić information content (AvgIpc) is 2.35. The van der Waals surface area contributed by atoms with Crippen LogP contribution in [-0.2, 0) is 4.79 Å². The van der Waals surface area contributed by atoms with Crippen LogP contribution in [0.2, 0.25) is 0 Å². The Hall–Kier alpha value is -1.26. The predicted octanol–water partition coefficient (Wildman–Crippen LogP) is 1.85. The van der Waals surface area contributed by atoms with Crippen molar-refractivity contribution in [2.24, 2.45) is 21.7 Å². The van der Waals surface area contributed by atoms with Gasteiger partial charge in [0.2, 0.25) is 5.91 Å². The highest BCUT2D eigenvalue weighted by atomic mass is 16.4. The number of hydrogen-bond donors (Lipinski definition) is 3. The van der Waals surface area contributed by atoms with Crippen molar-refractivity contribution in [3.05, 3.63) is 0 Å². The highest BCUT2D eigenvalue weighted by Crippen LogP contribution is 2.43. The second kappa shape index (κ2) is 5.59. The van der Waals surface area contributed by atoms with E-state index >= 15 is 0 Å². The van der Waals surface area contributed by atoms with Crippen LogP contribution in [-0.4, -0.2) is 23.5 Å². The standard InChI is InChI=1S/C13H25N3O2/c1-4-12(3,10(14)16-18)11(17)15-9-13(5-2)7-6-8-13/h18H,4-9H2,1-3H3,(H2,14,16)(H,15,17). The van der Waals surface area contributed by atoms with Crippen molar-refractivity contribution in [2.75, 3.05) is 6.54 Å². The smallest absolute Gasteiger partial charge is 0.233 e. The molecule has 5 nitrogen and oxygen atoms in total. The minimum atomic E-state index is -0.923. The molecule has 18 heavy (non-hydrogen) atoms. The zero-order valence-corrected chi connectivity index (χ0v) is 11.6. The highest BCUT2D eigenvalue weighted by Gasteiger charge is 2.40. The van der Waals surface area contributed by atoms with Crippen LogP contribution in [0, 0.1) is 10.8 Å². The van der Waals surface area contributed by atoms with Crippen molar-refractivity contribution in [3.63, 3.8) is 0 Å². The Morgan fingerprint density at radius 1 is 1.50 bits per heavy atom. The molecule has 1 unspecified atom stereocenters. The predicted molar refractivity (Wildman–Crippen MR) is 71.4 cm³/mol. The second-order valence-corrected chi connectivity index (χ2v) is 5.56. The Morgan fingerprint density at radius 3 is 2.44 bits per heavy atom. The minimum absolute atomic E-state index is 0.0262. The van der Waals surface area contributed by atoms with Gasteiger partial charge in [0.25, 0.3) is 0 Å². The van der Waals surface area contributed by atoms with Gasteiger partial charge in [-0.05, 0) is 38.0 Å². The van der Waals surface area contributed by atoms with Crippen LogP contribution < -0.4 is 11.1 Å². The summed E-state index contributed by atoms with van der Waals surface area (Å²) in [4.78, 5) is 12.2. The van der Waals surface area contributed by atoms with Crippen LogP contribution in [0.3, 0.4) is 0 Å². The van der Waals surface area contributed by atoms with Crippen molar-refractivity contribution in [1.29, 1.82) is 0 Å².